The minimum absolute atomic E-state index is 0.0636. The lowest BCUT2D eigenvalue weighted by Crippen LogP contribution is -2.45. The van der Waals surface area contributed by atoms with E-state index < -0.39 is 12.0 Å². The number of benzene rings is 1. The molecule has 0 unspecified atom stereocenters. The molecule has 2 rings (SSSR count). The molecule has 134 valence electrons. The first-order valence-electron chi connectivity index (χ1n) is 7.95. The van der Waals surface area contributed by atoms with Crippen molar-refractivity contribution in [1.29, 1.82) is 0 Å². The van der Waals surface area contributed by atoms with Crippen molar-refractivity contribution in [3.05, 3.63) is 51.3 Å². The van der Waals surface area contributed by atoms with Crippen molar-refractivity contribution < 1.29 is 18.8 Å². The van der Waals surface area contributed by atoms with Gasteiger partial charge >= 0.3 is 5.97 Å². The summed E-state index contributed by atoms with van der Waals surface area (Å²) in [7, 11) is 0. The van der Waals surface area contributed by atoms with E-state index in [1.165, 1.54) is 0 Å². The first kappa shape index (κ1) is 19.2. The zero-order valence-electron chi connectivity index (χ0n) is 14.6. The fourth-order valence-electron chi connectivity index (χ4n) is 2.30. The first-order valence-corrected chi connectivity index (χ1v) is 8.74. The number of hydrogen-bond donors (Lipinski definition) is 1. The molecular weight excluding hydrogens is 388 g/mol. The monoisotopic (exact) mass is 408 g/mol. The van der Waals surface area contributed by atoms with E-state index in [2.05, 4.69) is 26.4 Å². The van der Waals surface area contributed by atoms with E-state index in [4.69, 9.17) is 9.26 Å². The van der Waals surface area contributed by atoms with Crippen molar-refractivity contribution in [2.45, 2.75) is 40.3 Å². The van der Waals surface area contributed by atoms with Crippen LogP contribution in [0.2, 0.25) is 0 Å². The summed E-state index contributed by atoms with van der Waals surface area (Å²) in [4.78, 5) is 24.9. The van der Waals surface area contributed by atoms with Gasteiger partial charge in [0, 0.05) is 4.47 Å². The van der Waals surface area contributed by atoms with Crippen LogP contribution < -0.4 is 5.32 Å². The molecule has 0 aliphatic carbocycles. The number of amides is 1. The van der Waals surface area contributed by atoms with Crippen LogP contribution in [0.4, 0.5) is 0 Å². The first-order chi connectivity index (χ1) is 11.8. The van der Waals surface area contributed by atoms with Gasteiger partial charge in [0.1, 0.15) is 18.4 Å². The lowest BCUT2D eigenvalue weighted by molar-refractivity contribution is -0.148. The molecule has 0 fully saturated rings. The Labute approximate surface area is 155 Å². The number of nitrogens with one attached hydrogen (secondary N) is 1. The van der Waals surface area contributed by atoms with E-state index in [0.717, 1.165) is 5.56 Å². The maximum atomic E-state index is 12.5. The third-order valence-corrected chi connectivity index (χ3v) is 4.56. The standard InChI is InChI=1S/C18H21BrN2O4/c1-10(2)16(20-17(22)13-7-5-6-8-15(13)19)18(23)24-9-14-11(3)21-25-12(14)4/h5-8,10,16H,9H2,1-4H3,(H,20,22)/t16-/m0/s1. The molecule has 1 atom stereocenters. The molecular formula is C18H21BrN2O4. The molecule has 0 bridgehead atoms. The lowest BCUT2D eigenvalue weighted by atomic mass is 10.0. The molecule has 25 heavy (non-hydrogen) atoms. The molecule has 1 amide bonds. The van der Waals surface area contributed by atoms with Crippen LogP contribution in [-0.2, 0) is 16.1 Å². The van der Waals surface area contributed by atoms with Gasteiger partial charge in [-0.3, -0.25) is 4.79 Å². The van der Waals surface area contributed by atoms with E-state index in [1.54, 1.807) is 32.0 Å². The minimum Gasteiger partial charge on any atom is -0.459 e. The van der Waals surface area contributed by atoms with Gasteiger partial charge in [0.05, 0.1) is 16.8 Å². The molecule has 0 aliphatic heterocycles. The Bertz CT molecular complexity index is 751. The van der Waals surface area contributed by atoms with Crippen LogP contribution >= 0.6 is 15.9 Å². The van der Waals surface area contributed by atoms with E-state index in [0.29, 0.717) is 21.5 Å². The van der Waals surface area contributed by atoms with Crippen LogP contribution in [-0.4, -0.2) is 23.1 Å². The SMILES string of the molecule is Cc1noc(C)c1COC(=O)[C@@H](NC(=O)c1ccccc1Br)C(C)C. The predicted octanol–water partition coefficient (Wildman–Crippen LogP) is 3.55. The number of ether oxygens (including phenoxy) is 1. The Balaban J connectivity index is 2.06. The number of carbonyl (C=O) groups excluding carboxylic acids is 2. The number of esters is 1. The summed E-state index contributed by atoms with van der Waals surface area (Å²) in [6, 6.07) is 6.29. The predicted molar refractivity (Wildman–Crippen MR) is 96.0 cm³/mol. The fourth-order valence-corrected chi connectivity index (χ4v) is 2.77. The third-order valence-electron chi connectivity index (χ3n) is 3.87. The number of hydrogen-bond acceptors (Lipinski definition) is 5. The molecule has 1 aromatic heterocycles. The summed E-state index contributed by atoms with van der Waals surface area (Å²) in [6.45, 7) is 7.31. The van der Waals surface area contributed by atoms with E-state index in [1.807, 2.05) is 19.9 Å². The number of rotatable bonds is 6. The van der Waals surface area contributed by atoms with Gasteiger partial charge in [-0.15, -0.1) is 0 Å². The molecule has 1 heterocycles. The average Bonchev–Trinajstić information content (AvgIpc) is 2.88. The fraction of sp³-hybridized carbons (Fsp3) is 0.389. The van der Waals surface area contributed by atoms with Gasteiger partial charge in [0.25, 0.3) is 5.91 Å². The number of aromatic nitrogens is 1. The summed E-state index contributed by atoms with van der Waals surface area (Å²) < 4.78 is 11.1. The maximum absolute atomic E-state index is 12.5. The van der Waals surface area contributed by atoms with Gasteiger partial charge in [-0.05, 0) is 47.8 Å². The van der Waals surface area contributed by atoms with Crippen molar-refractivity contribution in [2.24, 2.45) is 5.92 Å². The highest BCUT2D eigenvalue weighted by molar-refractivity contribution is 9.10. The zero-order chi connectivity index (χ0) is 18.6. The molecule has 0 radical (unpaired) electrons. The number of carbonyl (C=O) groups is 2. The van der Waals surface area contributed by atoms with Gasteiger partial charge in [-0.1, -0.05) is 31.1 Å². The highest BCUT2D eigenvalue weighted by Crippen LogP contribution is 2.17. The number of aryl methyl sites for hydroxylation is 2. The van der Waals surface area contributed by atoms with E-state index >= 15 is 0 Å². The second-order valence-corrected chi connectivity index (χ2v) is 6.94. The molecule has 0 aliphatic rings. The average molecular weight is 409 g/mol. The molecule has 1 aromatic carbocycles. The summed E-state index contributed by atoms with van der Waals surface area (Å²) in [5, 5.41) is 6.58. The Morgan fingerprint density at radius 3 is 2.52 bits per heavy atom. The minimum atomic E-state index is -0.750. The second kappa shape index (κ2) is 8.29. The molecule has 6 nitrogen and oxygen atoms in total. The lowest BCUT2D eigenvalue weighted by Gasteiger charge is -2.21. The zero-order valence-corrected chi connectivity index (χ0v) is 16.2. The summed E-state index contributed by atoms with van der Waals surface area (Å²) in [5.74, 6) is -0.330. The van der Waals surface area contributed by atoms with Crippen molar-refractivity contribution in [2.75, 3.05) is 0 Å². The van der Waals surface area contributed by atoms with Gasteiger partial charge in [-0.25, -0.2) is 4.79 Å². The van der Waals surface area contributed by atoms with Crippen LogP contribution in [0.5, 0.6) is 0 Å². The molecule has 7 heteroatoms. The summed E-state index contributed by atoms with van der Waals surface area (Å²) in [5.41, 5.74) is 1.89. The van der Waals surface area contributed by atoms with E-state index in [-0.39, 0.29) is 18.4 Å². The molecule has 0 saturated carbocycles. The normalized spacial score (nSPS) is 12.1. The van der Waals surface area contributed by atoms with Gasteiger partial charge in [0.2, 0.25) is 0 Å². The Hall–Kier alpha value is -2.15. The Morgan fingerprint density at radius 1 is 1.28 bits per heavy atom. The van der Waals surface area contributed by atoms with Crippen LogP contribution in [0.15, 0.2) is 33.3 Å². The highest BCUT2D eigenvalue weighted by Gasteiger charge is 2.27. The Kier molecular flexibility index (Phi) is 6.36. The topological polar surface area (TPSA) is 81.4 Å². The summed E-state index contributed by atoms with van der Waals surface area (Å²) >= 11 is 3.34. The van der Waals surface area contributed by atoms with Crippen LogP contribution in [0, 0.1) is 19.8 Å². The number of halogens is 1. The van der Waals surface area contributed by atoms with Gasteiger partial charge in [-0.2, -0.15) is 0 Å². The second-order valence-electron chi connectivity index (χ2n) is 6.09. The Morgan fingerprint density at radius 2 is 1.96 bits per heavy atom. The van der Waals surface area contributed by atoms with Crippen molar-refractivity contribution in [3.8, 4) is 0 Å². The van der Waals surface area contributed by atoms with Gasteiger partial charge in [0.15, 0.2) is 0 Å². The smallest absolute Gasteiger partial charge is 0.329 e. The molecule has 1 N–H and O–H groups in total. The maximum Gasteiger partial charge on any atom is 0.329 e. The number of nitrogens with zero attached hydrogens (tertiary/aromatic N) is 1. The van der Waals surface area contributed by atoms with Crippen LogP contribution in [0.25, 0.3) is 0 Å². The third kappa shape index (κ3) is 4.69. The molecule has 2 aromatic rings. The van der Waals surface area contributed by atoms with Gasteiger partial charge < -0.3 is 14.6 Å². The molecule has 0 saturated heterocycles. The quantitative estimate of drug-likeness (QED) is 0.738. The van der Waals surface area contributed by atoms with Crippen molar-refractivity contribution in [1.82, 2.24) is 10.5 Å². The van der Waals surface area contributed by atoms with Crippen molar-refractivity contribution >= 4 is 27.8 Å². The molecule has 0 spiro atoms. The highest BCUT2D eigenvalue weighted by atomic mass is 79.9. The van der Waals surface area contributed by atoms with Crippen molar-refractivity contribution in [3.63, 3.8) is 0 Å². The van der Waals surface area contributed by atoms with Crippen LogP contribution in [0.3, 0.4) is 0 Å². The largest absolute Gasteiger partial charge is 0.459 e. The van der Waals surface area contributed by atoms with E-state index in [9.17, 15) is 9.59 Å². The van der Waals surface area contributed by atoms with Crippen LogP contribution in [0.1, 0.15) is 41.2 Å². The summed E-state index contributed by atoms with van der Waals surface area (Å²) in [6.07, 6.45) is 0.